The highest BCUT2D eigenvalue weighted by molar-refractivity contribution is 5.79. The van der Waals surface area contributed by atoms with Gasteiger partial charge in [-0.2, -0.15) is 0 Å². The van der Waals surface area contributed by atoms with Gasteiger partial charge in [-0.1, -0.05) is 42.5 Å². The van der Waals surface area contributed by atoms with E-state index in [9.17, 15) is 9.90 Å². The Bertz CT molecular complexity index is 843. The van der Waals surface area contributed by atoms with Crippen molar-refractivity contribution in [2.24, 2.45) is 0 Å². The first-order valence-electron chi connectivity index (χ1n) is 8.54. The summed E-state index contributed by atoms with van der Waals surface area (Å²) in [7, 11) is 0. The maximum atomic E-state index is 12.0. The van der Waals surface area contributed by atoms with E-state index in [0.717, 1.165) is 28.0 Å². The third-order valence-corrected chi connectivity index (χ3v) is 4.20. The molecule has 1 atom stereocenters. The van der Waals surface area contributed by atoms with Gasteiger partial charge in [0.05, 0.1) is 17.1 Å². The fourth-order valence-electron chi connectivity index (χ4n) is 2.86. The van der Waals surface area contributed by atoms with Crippen molar-refractivity contribution in [3.05, 3.63) is 65.5 Å². The van der Waals surface area contributed by atoms with E-state index in [-0.39, 0.29) is 12.5 Å². The molecule has 3 N–H and O–H groups in total. The minimum Gasteiger partial charge on any atom is -0.391 e. The molecule has 0 aliphatic heterocycles. The predicted octanol–water partition coefficient (Wildman–Crippen LogP) is 2.52. The Kier molecular flexibility index (Phi) is 5.46. The van der Waals surface area contributed by atoms with Crippen LogP contribution in [0.15, 0.2) is 48.5 Å². The van der Waals surface area contributed by atoms with Gasteiger partial charge in [-0.15, -0.1) is 0 Å². The van der Waals surface area contributed by atoms with Crippen molar-refractivity contribution in [3.8, 4) is 0 Å². The van der Waals surface area contributed by atoms with Crippen LogP contribution in [-0.2, 0) is 17.6 Å². The average Bonchev–Trinajstić information content (AvgIpc) is 3.04. The number of para-hydroxylation sites is 1. The summed E-state index contributed by atoms with van der Waals surface area (Å²) in [5, 5.41) is 12.8. The molecule has 0 aliphatic rings. The molecule has 0 radical (unpaired) electrons. The summed E-state index contributed by atoms with van der Waals surface area (Å²) >= 11 is 0. The topological polar surface area (TPSA) is 78.0 Å². The lowest BCUT2D eigenvalue weighted by Crippen LogP contribution is -2.33. The minimum atomic E-state index is -0.583. The Hall–Kier alpha value is -2.66. The molecule has 1 unspecified atom stereocenters. The molecule has 0 fully saturated rings. The molecular formula is C20H23N3O2. The van der Waals surface area contributed by atoms with Gasteiger partial charge in [0, 0.05) is 25.8 Å². The summed E-state index contributed by atoms with van der Waals surface area (Å²) in [6, 6.07) is 15.7. The van der Waals surface area contributed by atoms with Crippen LogP contribution in [0, 0.1) is 6.92 Å². The number of imidazole rings is 1. The van der Waals surface area contributed by atoms with Crippen molar-refractivity contribution in [1.82, 2.24) is 15.3 Å². The second-order valence-corrected chi connectivity index (χ2v) is 6.30. The van der Waals surface area contributed by atoms with Gasteiger partial charge in [-0.25, -0.2) is 4.98 Å². The van der Waals surface area contributed by atoms with Crippen LogP contribution >= 0.6 is 0 Å². The van der Waals surface area contributed by atoms with E-state index < -0.39 is 6.10 Å². The van der Waals surface area contributed by atoms with Crippen LogP contribution in [-0.4, -0.2) is 33.6 Å². The zero-order chi connectivity index (χ0) is 17.6. The number of nitrogens with one attached hydrogen (secondary N) is 2. The van der Waals surface area contributed by atoms with Crippen LogP contribution in [0.1, 0.15) is 23.4 Å². The van der Waals surface area contributed by atoms with E-state index in [1.165, 1.54) is 0 Å². The number of H-pyrrole nitrogens is 1. The average molecular weight is 337 g/mol. The number of amides is 1. The second kappa shape index (κ2) is 7.94. The van der Waals surface area contributed by atoms with Crippen molar-refractivity contribution in [2.75, 3.05) is 6.54 Å². The molecule has 0 bridgehead atoms. The standard InChI is InChI=1S/C20H23N3O2/c1-14-6-5-9-17-20(14)23-18(22-17)10-11-19(25)21-13-16(24)12-15-7-3-2-4-8-15/h2-9,16,24H,10-13H2,1H3,(H,21,25)(H,22,23). The van der Waals surface area contributed by atoms with Gasteiger partial charge in [-0.05, 0) is 24.1 Å². The van der Waals surface area contributed by atoms with E-state index in [4.69, 9.17) is 0 Å². The SMILES string of the molecule is Cc1cccc2[nH]c(CCC(=O)NCC(O)Cc3ccccc3)nc12. The predicted molar refractivity (Wildman–Crippen MR) is 98.3 cm³/mol. The number of hydrogen-bond donors (Lipinski definition) is 3. The number of carbonyl (C=O) groups is 1. The summed E-state index contributed by atoms with van der Waals surface area (Å²) < 4.78 is 0. The number of aliphatic hydroxyl groups excluding tert-OH is 1. The molecule has 1 heterocycles. The maximum Gasteiger partial charge on any atom is 0.220 e. The highest BCUT2D eigenvalue weighted by Gasteiger charge is 2.10. The highest BCUT2D eigenvalue weighted by Crippen LogP contribution is 2.16. The van der Waals surface area contributed by atoms with Crippen molar-refractivity contribution in [3.63, 3.8) is 0 Å². The number of aromatic nitrogens is 2. The van der Waals surface area contributed by atoms with E-state index in [1.807, 2.05) is 55.5 Å². The summed E-state index contributed by atoms with van der Waals surface area (Å²) in [4.78, 5) is 19.8. The molecule has 0 saturated heterocycles. The molecule has 3 rings (SSSR count). The van der Waals surface area contributed by atoms with Crippen molar-refractivity contribution >= 4 is 16.9 Å². The Morgan fingerprint density at radius 1 is 1.20 bits per heavy atom. The summed E-state index contributed by atoms with van der Waals surface area (Å²) in [5.74, 6) is 0.730. The number of nitrogens with zero attached hydrogens (tertiary/aromatic N) is 1. The summed E-state index contributed by atoms with van der Waals surface area (Å²) in [6.07, 6.45) is 0.843. The quantitative estimate of drug-likeness (QED) is 0.620. The Balaban J connectivity index is 1.45. The van der Waals surface area contributed by atoms with E-state index in [0.29, 0.717) is 19.3 Å². The summed E-state index contributed by atoms with van der Waals surface area (Å²) in [5.41, 5.74) is 4.13. The van der Waals surface area contributed by atoms with Gasteiger partial charge in [0.25, 0.3) is 0 Å². The number of carbonyl (C=O) groups excluding carboxylic acids is 1. The minimum absolute atomic E-state index is 0.0794. The zero-order valence-corrected chi connectivity index (χ0v) is 14.3. The molecule has 1 aromatic heterocycles. The molecule has 5 heteroatoms. The Morgan fingerprint density at radius 3 is 2.76 bits per heavy atom. The molecule has 2 aromatic carbocycles. The van der Waals surface area contributed by atoms with Gasteiger partial charge in [-0.3, -0.25) is 4.79 Å². The lowest BCUT2D eigenvalue weighted by Gasteiger charge is -2.11. The largest absolute Gasteiger partial charge is 0.391 e. The number of aromatic amines is 1. The molecule has 0 aliphatic carbocycles. The molecule has 1 amide bonds. The van der Waals surface area contributed by atoms with E-state index in [2.05, 4.69) is 15.3 Å². The van der Waals surface area contributed by atoms with Crippen LogP contribution < -0.4 is 5.32 Å². The third-order valence-electron chi connectivity index (χ3n) is 4.20. The first-order chi connectivity index (χ1) is 12.1. The molecule has 5 nitrogen and oxygen atoms in total. The van der Waals surface area contributed by atoms with Gasteiger partial charge >= 0.3 is 0 Å². The van der Waals surface area contributed by atoms with Crippen LogP contribution in [0.4, 0.5) is 0 Å². The van der Waals surface area contributed by atoms with Gasteiger partial charge in [0.15, 0.2) is 0 Å². The zero-order valence-electron chi connectivity index (χ0n) is 14.3. The number of aliphatic hydroxyl groups is 1. The number of aryl methyl sites for hydroxylation is 2. The molecule has 25 heavy (non-hydrogen) atoms. The number of fused-ring (bicyclic) bond motifs is 1. The molecule has 0 saturated carbocycles. The summed E-state index contributed by atoms with van der Waals surface area (Å²) in [6.45, 7) is 2.28. The smallest absolute Gasteiger partial charge is 0.220 e. The monoisotopic (exact) mass is 337 g/mol. The van der Waals surface area contributed by atoms with Crippen molar-refractivity contribution < 1.29 is 9.90 Å². The Morgan fingerprint density at radius 2 is 2.00 bits per heavy atom. The van der Waals surface area contributed by atoms with Gasteiger partial charge < -0.3 is 15.4 Å². The second-order valence-electron chi connectivity index (χ2n) is 6.30. The Labute approximate surface area is 147 Å². The van der Waals surface area contributed by atoms with Crippen molar-refractivity contribution in [2.45, 2.75) is 32.3 Å². The van der Waals surface area contributed by atoms with Gasteiger partial charge in [0.1, 0.15) is 5.82 Å². The lowest BCUT2D eigenvalue weighted by molar-refractivity contribution is -0.121. The molecule has 0 spiro atoms. The number of benzene rings is 2. The van der Waals surface area contributed by atoms with E-state index in [1.54, 1.807) is 0 Å². The fourth-order valence-corrected chi connectivity index (χ4v) is 2.86. The van der Waals surface area contributed by atoms with Crippen LogP contribution in [0.3, 0.4) is 0 Å². The molecule has 130 valence electrons. The normalized spacial score (nSPS) is 12.2. The van der Waals surface area contributed by atoms with Crippen LogP contribution in [0.5, 0.6) is 0 Å². The van der Waals surface area contributed by atoms with Crippen molar-refractivity contribution in [1.29, 1.82) is 0 Å². The maximum absolute atomic E-state index is 12.0. The first kappa shape index (κ1) is 17.2. The van der Waals surface area contributed by atoms with E-state index >= 15 is 0 Å². The molecular weight excluding hydrogens is 314 g/mol. The highest BCUT2D eigenvalue weighted by atomic mass is 16.3. The molecule has 3 aromatic rings. The number of rotatable bonds is 7. The third kappa shape index (κ3) is 4.67. The van der Waals surface area contributed by atoms with Crippen LogP contribution in [0.2, 0.25) is 0 Å². The lowest BCUT2D eigenvalue weighted by atomic mass is 10.1. The van der Waals surface area contributed by atoms with Gasteiger partial charge in [0.2, 0.25) is 5.91 Å². The fraction of sp³-hybridized carbons (Fsp3) is 0.300. The number of hydrogen-bond acceptors (Lipinski definition) is 3. The van der Waals surface area contributed by atoms with Crippen LogP contribution in [0.25, 0.3) is 11.0 Å². The first-order valence-corrected chi connectivity index (χ1v) is 8.54.